The monoisotopic (exact) mass is 286 g/mol. The Kier molecular flexibility index (Phi) is 10.2. The van der Waals surface area contributed by atoms with Crippen LogP contribution in [0.3, 0.4) is 0 Å². The number of ether oxygens (including phenoxy) is 2. The van der Waals surface area contributed by atoms with Gasteiger partial charge in [0.15, 0.2) is 0 Å². The summed E-state index contributed by atoms with van der Waals surface area (Å²) in [4.78, 5) is 0. The second-order valence-electron chi connectivity index (χ2n) is 4.15. The minimum atomic E-state index is -3.35. The molecule has 1 unspecified atom stereocenters. The third kappa shape index (κ3) is 14.1. The fourth-order valence-corrected chi connectivity index (χ4v) is 2.19. The van der Waals surface area contributed by atoms with Gasteiger partial charge in [0.25, 0.3) is 0 Å². The van der Waals surface area contributed by atoms with Crippen LogP contribution >= 0.6 is 10.7 Å². The standard InChI is InChI=1S/C11H23ClO4S/c1-3-6-15-8-9-16-7-4-11(2)5-10-17(12,13)14/h11H,3-10H2,1-2H3. The van der Waals surface area contributed by atoms with Gasteiger partial charge in [0, 0.05) is 23.9 Å². The maximum absolute atomic E-state index is 10.7. The third-order valence-electron chi connectivity index (χ3n) is 2.33. The molecule has 4 nitrogen and oxygen atoms in total. The van der Waals surface area contributed by atoms with Crippen LogP contribution < -0.4 is 0 Å². The lowest BCUT2D eigenvalue weighted by Gasteiger charge is -2.10. The molecule has 104 valence electrons. The summed E-state index contributed by atoms with van der Waals surface area (Å²) in [7, 11) is 1.78. The molecule has 17 heavy (non-hydrogen) atoms. The van der Waals surface area contributed by atoms with Crippen LogP contribution in [0.5, 0.6) is 0 Å². The summed E-state index contributed by atoms with van der Waals surface area (Å²) in [5.41, 5.74) is 0. The van der Waals surface area contributed by atoms with Crippen molar-refractivity contribution in [3.05, 3.63) is 0 Å². The molecular formula is C11H23ClO4S. The molecule has 6 heteroatoms. The van der Waals surface area contributed by atoms with E-state index >= 15 is 0 Å². The van der Waals surface area contributed by atoms with Crippen LogP contribution in [0.4, 0.5) is 0 Å². The fourth-order valence-electron chi connectivity index (χ4n) is 1.24. The van der Waals surface area contributed by atoms with Gasteiger partial charge < -0.3 is 9.47 Å². The molecule has 1 atom stereocenters. The van der Waals surface area contributed by atoms with E-state index in [-0.39, 0.29) is 5.75 Å². The van der Waals surface area contributed by atoms with E-state index in [0.29, 0.717) is 32.2 Å². The Labute approximate surface area is 109 Å². The summed E-state index contributed by atoms with van der Waals surface area (Å²) < 4.78 is 32.1. The Hall–Kier alpha value is 0.160. The molecule has 0 bridgehead atoms. The number of hydrogen-bond donors (Lipinski definition) is 0. The Morgan fingerprint density at radius 3 is 2.18 bits per heavy atom. The molecule has 0 rings (SSSR count). The summed E-state index contributed by atoms with van der Waals surface area (Å²) in [6.07, 6.45) is 2.45. The molecule has 0 heterocycles. The van der Waals surface area contributed by atoms with Gasteiger partial charge in [0.05, 0.1) is 19.0 Å². The van der Waals surface area contributed by atoms with Crippen LogP contribution in [-0.2, 0) is 18.5 Å². The molecule has 0 aromatic carbocycles. The lowest BCUT2D eigenvalue weighted by Crippen LogP contribution is -2.10. The molecule has 0 aliphatic heterocycles. The number of rotatable bonds is 11. The molecule has 0 fully saturated rings. The zero-order chi connectivity index (χ0) is 13.1. The van der Waals surface area contributed by atoms with E-state index in [1.165, 1.54) is 0 Å². The smallest absolute Gasteiger partial charge is 0.232 e. The van der Waals surface area contributed by atoms with Gasteiger partial charge >= 0.3 is 0 Å². The zero-order valence-electron chi connectivity index (χ0n) is 10.7. The van der Waals surface area contributed by atoms with Crippen molar-refractivity contribution >= 4 is 19.7 Å². The molecule has 0 aliphatic rings. The van der Waals surface area contributed by atoms with Gasteiger partial charge in [-0.05, 0) is 25.2 Å². The molecular weight excluding hydrogens is 264 g/mol. The van der Waals surface area contributed by atoms with Crippen molar-refractivity contribution in [1.29, 1.82) is 0 Å². The van der Waals surface area contributed by atoms with Gasteiger partial charge in [-0.25, -0.2) is 8.42 Å². The van der Waals surface area contributed by atoms with Gasteiger partial charge in [-0.2, -0.15) is 0 Å². The first-order valence-corrected chi connectivity index (χ1v) is 8.51. The molecule has 0 N–H and O–H groups in total. The average Bonchev–Trinajstić information content (AvgIpc) is 2.24. The van der Waals surface area contributed by atoms with Gasteiger partial charge in [-0.1, -0.05) is 13.8 Å². The molecule has 0 radical (unpaired) electrons. The first kappa shape index (κ1) is 17.2. The van der Waals surface area contributed by atoms with E-state index in [1.54, 1.807) is 0 Å². The lowest BCUT2D eigenvalue weighted by molar-refractivity contribution is 0.0436. The fraction of sp³-hybridized carbons (Fsp3) is 1.00. The van der Waals surface area contributed by atoms with Gasteiger partial charge in [-0.15, -0.1) is 0 Å². The van der Waals surface area contributed by atoms with E-state index in [2.05, 4.69) is 6.92 Å². The van der Waals surface area contributed by atoms with Crippen molar-refractivity contribution in [2.24, 2.45) is 5.92 Å². The van der Waals surface area contributed by atoms with Crippen molar-refractivity contribution in [3.8, 4) is 0 Å². The summed E-state index contributed by atoms with van der Waals surface area (Å²) in [6.45, 7) is 6.69. The lowest BCUT2D eigenvalue weighted by atomic mass is 10.1. The topological polar surface area (TPSA) is 52.6 Å². The van der Waals surface area contributed by atoms with Crippen LogP contribution in [0.15, 0.2) is 0 Å². The minimum Gasteiger partial charge on any atom is -0.379 e. The quantitative estimate of drug-likeness (QED) is 0.432. The summed E-state index contributed by atoms with van der Waals surface area (Å²) in [6, 6.07) is 0. The average molecular weight is 287 g/mol. The predicted molar refractivity (Wildman–Crippen MR) is 70.0 cm³/mol. The summed E-state index contributed by atoms with van der Waals surface area (Å²) in [5.74, 6) is 0.343. The summed E-state index contributed by atoms with van der Waals surface area (Å²) in [5, 5.41) is 0. The van der Waals surface area contributed by atoms with Crippen molar-refractivity contribution < 1.29 is 17.9 Å². The Bertz CT molecular complexity index is 267. The van der Waals surface area contributed by atoms with Crippen LogP contribution in [0, 0.1) is 5.92 Å². The highest BCUT2D eigenvalue weighted by molar-refractivity contribution is 8.13. The number of halogens is 1. The number of hydrogen-bond acceptors (Lipinski definition) is 4. The van der Waals surface area contributed by atoms with Crippen molar-refractivity contribution in [2.75, 3.05) is 32.2 Å². The highest BCUT2D eigenvalue weighted by Gasteiger charge is 2.09. The SMILES string of the molecule is CCCOCCOCCC(C)CCS(=O)(=O)Cl. The third-order valence-corrected chi connectivity index (χ3v) is 3.52. The zero-order valence-corrected chi connectivity index (χ0v) is 12.2. The first-order valence-electron chi connectivity index (χ1n) is 6.03. The van der Waals surface area contributed by atoms with Gasteiger partial charge in [-0.3, -0.25) is 0 Å². The van der Waals surface area contributed by atoms with Crippen molar-refractivity contribution in [2.45, 2.75) is 33.1 Å². The predicted octanol–water partition coefficient (Wildman–Crippen LogP) is 2.41. The van der Waals surface area contributed by atoms with E-state index in [1.807, 2.05) is 6.92 Å². The normalized spacial score (nSPS) is 13.8. The summed E-state index contributed by atoms with van der Waals surface area (Å²) >= 11 is 0. The second kappa shape index (κ2) is 10.1. The Balaban J connectivity index is 3.30. The minimum absolute atomic E-state index is 0.0370. The molecule has 0 spiro atoms. The molecule has 0 aromatic heterocycles. The van der Waals surface area contributed by atoms with E-state index in [0.717, 1.165) is 19.4 Å². The molecule has 0 aromatic rings. The van der Waals surface area contributed by atoms with E-state index < -0.39 is 9.05 Å². The van der Waals surface area contributed by atoms with E-state index in [9.17, 15) is 8.42 Å². The molecule has 0 saturated carbocycles. The van der Waals surface area contributed by atoms with Crippen LogP contribution in [0.1, 0.15) is 33.1 Å². The van der Waals surface area contributed by atoms with E-state index in [4.69, 9.17) is 20.2 Å². The Morgan fingerprint density at radius 1 is 1.06 bits per heavy atom. The maximum atomic E-state index is 10.7. The molecule has 0 amide bonds. The highest BCUT2D eigenvalue weighted by atomic mass is 35.7. The van der Waals surface area contributed by atoms with Crippen LogP contribution in [0.25, 0.3) is 0 Å². The van der Waals surface area contributed by atoms with Gasteiger partial charge in [0.1, 0.15) is 0 Å². The van der Waals surface area contributed by atoms with Crippen molar-refractivity contribution in [3.63, 3.8) is 0 Å². The van der Waals surface area contributed by atoms with Crippen LogP contribution in [0.2, 0.25) is 0 Å². The molecule has 0 aliphatic carbocycles. The van der Waals surface area contributed by atoms with Crippen molar-refractivity contribution in [1.82, 2.24) is 0 Å². The largest absolute Gasteiger partial charge is 0.379 e. The maximum Gasteiger partial charge on any atom is 0.232 e. The van der Waals surface area contributed by atoms with Gasteiger partial charge in [0.2, 0.25) is 9.05 Å². The highest BCUT2D eigenvalue weighted by Crippen LogP contribution is 2.11. The van der Waals surface area contributed by atoms with Crippen LogP contribution in [-0.4, -0.2) is 40.6 Å². The Morgan fingerprint density at radius 2 is 1.65 bits per heavy atom. The first-order chi connectivity index (χ1) is 7.95. The molecule has 0 saturated heterocycles. The second-order valence-corrected chi connectivity index (χ2v) is 7.05.